The molecule has 0 saturated carbocycles. The summed E-state index contributed by atoms with van der Waals surface area (Å²) < 4.78 is 2.26. The van der Waals surface area contributed by atoms with Crippen molar-refractivity contribution in [3.63, 3.8) is 0 Å². The third-order valence-electron chi connectivity index (χ3n) is 5.71. The number of imidazole rings is 1. The molecule has 0 aliphatic carbocycles. The van der Waals surface area contributed by atoms with E-state index in [0.717, 1.165) is 38.0 Å². The van der Waals surface area contributed by atoms with Crippen molar-refractivity contribution in [2.45, 2.75) is 33.2 Å². The first kappa shape index (κ1) is 18.8. The summed E-state index contributed by atoms with van der Waals surface area (Å²) >= 11 is 6.14. The second-order valence-corrected chi connectivity index (χ2v) is 8.07. The van der Waals surface area contributed by atoms with E-state index in [0.29, 0.717) is 16.6 Å². The third-order valence-corrected chi connectivity index (χ3v) is 6.04. The molecule has 2 aromatic carbocycles. The second-order valence-electron chi connectivity index (χ2n) is 7.66. The average Bonchev–Trinajstić information content (AvgIpc) is 3.06. The van der Waals surface area contributed by atoms with Crippen molar-refractivity contribution in [3.8, 4) is 0 Å². The molecule has 2 heterocycles. The summed E-state index contributed by atoms with van der Waals surface area (Å²) in [6.07, 6.45) is 3.92. The predicted octanol–water partition coefficient (Wildman–Crippen LogP) is 5.25. The maximum Gasteiger partial charge on any atom is 0.321 e. The van der Waals surface area contributed by atoms with Gasteiger partial charge in [-0.2, -0.15) is 0 Å². The quantitative estimate of drug-likeness (QED) is 0.657. The van der Waals surface area contributed by atoms with E-state index < -0.39 is 0 Å². The zero-order valence-electron chi connectivity index (χ0n) is 16.3. The smallest absolute Gasteiger partial charge is 0.321 e. The molecule has 0 atom stereocenters. The molecule has 0 radical (unpaired) electrons. The van der Waals surface area contributed by atoms with Crippen LogP contribution in [0.25, 0.3) is 11.0 Å². The number of urea groups is 1. The summed E-state index contributed by atoms with van der Waals surface area (Å²) in [4.78, 5) is 19.0. The van der Waals surface area contributed by atoms with E-state index in [4.69, 9.17) is 11.6 Å². The number of rotatable bonds is 3. The van der Waals surface area contributed by atoms with E-state index in [1.165, 1.54) is 16.6 Å². The van der Waals surface area contributed by atoms with Gasteiger partial charge in [0.15, 0.2) is 0 Å². The Morgan fingerprint density at radius 3 is 2.64 bits per heavy atom. The molecule has 1 saturated heterocycles. The number of aryl methyl sites for hydroxylation is 2. The van der Waals surface area contributed by atoms with Gasteiger partial charge in [0.25, 0.3) is 0 Å². The minimum Gasteiger partial charge on any atom is -0.330 e. The number of nitrogens with one attached hydrogen (secondary N) is 1. The summed E-state index contributed by atoms with van der Waals surface area (Å²) in [6, 6.07) is 11.6. The van der Waals surface area contributed by atoms with Crippen molar-refractivity contribution in [2.75, 3.05) is 18.4 Å². The highest BCUT2D eigenvalue weighted by Gasteiger charge is 2.24. The van der Waals surface area contributed by atoms with Gasteiger partial charge in [-0.1, -0.05) is 23.7 Å². The van der Waals surface area contributed by atoms with E-state index in [2.05, 4.69) is 40.8 Å². The molecule has 0 bridgehead atoms. The van der Waals surface area contributed by atoms with Crippen LogP contribution in [0.15, 0.2) is 42.7 Å². The van der Waals surface area contributed by atoms with Crippen molar-refractivity contribution in [1.82, 2.24) is 14.5 Å². The summed E-state index contributed by atoms with van der Waals surface area (Å²) in [6.45, 7) is 6.72. The fourth-order valence-corrected chi connectivity index (χ4v) is 4.00. The molecule has 28 heavy (non-hydrogen) atoms. The molecule has 0 unspecified atom stereocenters. The first-order valence-corrected chi connectivity index (χ1v) is 10.1. The topological polar surface area (TPSA) is 50.2 Å². The molecule has 1 aromatic heterocycles. The van der Waals surface area contributed by atoms with Gasteiger partial charge in [0.05, 0.1) is 28.1 Å². The van der Waals surface area contributed by atoms with Gasteiger partial charge in [-0.3, -0.25) is 0 Å². The average molecular weight is 397 g/mol. The van der Waals surface area contributed by atoms with Gasteiger partial charge in [0, 0.05) is 19.6 Å². The number of hydrogen-bond acceptors (Lipinski definition) is 2. The number of aromatic nitrogens is 2. The maximum atomic E-state index is 12.5. The van der Waals surface area contributed by atoms with E-state index in [9.17, 15) is 4.79 Å². The van der Waals surface area contributed by atoms with Crippen LogP contribution in [0.1, 0.15) is 24.0 Å². The molecular weight excluding hydrogens is 372 g/mol. The monoisotopic (exact) mass is 396 g/mol. The van der Waals surface area contributed by atoms with Crippen LogP contribution >= 0.6 is 11.6 Å². The van der Waals surface area contributed by atoms with Crippen LogP contribution < -0.4 is 5.32 Å². The fraction of sp³-hybridized carbons (Fsp3) is 0.364. The normalized spacial score (nSPS) is 15.2. The zero-order chi connectivity index (χ0) is 19.7. The lowest BCUT2D eigenvalue weighted by Crippen LogP contribution is -2.41. The maximum absolute atomic E-state index is 12.5. The molecule has 1 fully saturated rings. The van der Waals surface area contributed by atoms with E-state index in [-0.39, 0.29) is 6.03 Å². The number of carbonyl (C=O) groups excluding carboxylic acids is 1. The number of likely N-dealkylation sites (tertiary alicyclic amines) is 1. The van der Waals surface area contributed by atoms with Crippen LogP contribution in [-0.4, -0.2) is 33.6 Å². The van der Waals surface area contributed by atoms with E-state index in [1.54, 1.807) is 6.07 Å². The molecule has 4 rings (SSSR count). The van der Waals surface area contributed by atoms with Crippen molar-refractivity contribution in [1.29, 1.82) is 0 Å². The minimum absolute atomic E-state index is 0.0780. The van der Waals surface area contributed by atoms with Gasteiger partial charge < -0.3 is 14.8 Å². The number of amides is 2. The Morgan fingerprint density at radius 1 is 1.18 bits per heavy atom. The standard InChI is InChI=1S/C22H25ClN4O/c1-15-11-20-21(12-16(15)2)27(14-24-20)13-17-7-9-26(10-8-17)22(28)25-19-6-4-3-5-18(19)23/h3-6,11-12,14,17H,7-10,13H2,1-2H3,(H,25,28). The van der Waals surface area contributed by atoms with Crippen LogP contribution in [-0.2, 0) is 6.54 Å². The Hall–Kier alpha value is -2.53. The van der Waals surface area contributed by atoms with Gasteiger partial charge >= 0.3 is 6.03 Å². The number of para-hydroxylation sites is 1. The first-order chi connectivity index (χ1) is 13.5. The lowest BCUT2D eigenvalue weighted by molar-refractivity contribution is 0.177. The van der Waals surface area contributed by atoms with Crippen LogP contribution in [0.4, 0.5) is 10.5 Å². The zero-order valence-corrected chi connectivity index (χ0v) is 17.0. The van der Waals surface area contributed by atoms with E-state index >= 15 is 0 Å². The summed E-state index contributed by atoms with van der Waals surface area (Å²) in [5.41, 5.74) is 5.48. The molecule has 0 spiro atoms. The molecule has 3 aromatic rings. The third kappa shape index (κ3) is 3.85. The van der Waals surface area contributed by atoms with Gasteiger partial charge in [0.2, 0.25) is 0 Å². The van der Waals surface area contributed by atoms with Gasteiger partial charge in [-0.25, -0.2) is 9.78 Å². The lowest BCUT2D eigenvalue weighted by Gasteiger charge is -2.32. The number of benzene rings is 2. The Bertz CT molecular complexity index is 1000. The molecular formula is C22H25ClN4O. The minimum atomic E-state index is -0.0780. The summed E-state index contributed by atoms with van der Waals surface area (Å²) in [5.74, 6) is 0.545. The Morgan fingerprint density at radius 2 is 1.89 bits per heavy atom. The van der Waals surface area contributed by atoms with Crippen LogP contribution in [0.2, 0.25) is 5.02 Å². The largest absolute Gasteiger partial charge is 0.330 e. The van der Waals surface area contributed by atoms with E-state index in [1.807, 2.05) is 29.4 Å². The van der Waals surface area contributed by atoms with Crippen molar-refractivity contribution in [3.05, 3.63) is 58.9 Å². The number of anilines is 1. The SMILES string of the molecule is Cc1cc2ncn(CC3CCN(C(=O)Nc4ccccc4Cl)CC3)c2cc1C. The number of fused-ring (bicyclic) bond motifs is 1. The molecule has 2 amide bonds. The Balaban J connectivity index is 1.36. The summed E-state index contributed by atoms with van der Waals surface area (Å²) in [5, 5.41) is 3.47. The second kappa shape index (κ2) is 7.84. The predicted molar refractivity (Wildman–Crippen MR) is 114 cm³/mol. The highest BCUT2D eigenvalue weighted by molar-refractivity contribution is 6.33. The Labute approximate surface area is 170 Å². The van der Waals surface area contributed by atoms with Crippen LogP contribution in [0.5, 0.6) is 0 Å². The molecule has 146 valence electrons. The molecule has 1 aliphatic heterocycles. The Kier molecular flexibility index (Phi) is 5.27. The van der Waals surface area contributed by atoms with Gasteiger partial charge in [-0.15, -0.1) is 0 Å². The number of hydrogen-bond donors (Lipinski definition) is 1. The number of nitrogens with zero attached hydrogens (tertiary/aromatic N) is 3. The van der Waals surface area contributed by atoms with Crippen LogP contribution in [0, 0.1) is 19.8 Å². The molecule has 1 aliphatic rings. The number of piperidine rings is 1. The lowest BCUT2D eigenvalue weighted by atomic mass is 9.97. The molecule has 1 N–H and O–H groups in total. The van der Waals surface area contributed by atoms with Crippen molar-refractivity contribution >= 4 is 34.4 Å². The fourth-order valence-electron chi connectivity index (χ4n) is 3.81. The van der Waals surface area contributed by atoms with Gasteiger partial charge in [0.1, 0.15) is 0 Å². The van der Waals surface area contributed by atoms with Crippen molar-refractivity contribution < 1.29 is 4.79 Å². The van der Waals surface area contributed by atoms with Crippen molar-refractivity contribution in [2.24, 2.45) is 5.92 Å². The highest BCUT2D eigenvalue weighted by atomic mass is 35.5. The van der Waals surface area contributed by atoms with Crippen LogP contribution in [0.3, 0.4) is 0 Å². The number of carbonyl (C=O) groups is 1. The van der Waals surface area contributed by atoms with Gasteiger partial charge in [-0.05, 0) is 68.0 Å². The number of halogens is 1. The summed E-state index contributed by atoms with van der Waals surface area (Å²) in [7, 11) is 0. The first-order valence-electron chi connectivity index (χ1n) is 9.74. The molecule has 5 nitrogen and oxygen atoms in total. The highest BCUT2D eigenvalue weighted by Crippen LogP contribution is 2.25. The molecule has 6 heteroatoms.